The van der Waals surface area contributed by atoms with Crippen molar-refractivity contribution in [1.82, 2.24) is 0 Å². The van der Waals surface area contributed by atoms with E-state index < -0.39 is 32.9 Å². The van der Waals surface area contributed by atoms with Gasteiger partial charge in [-0.15, -0.1) is 0 Å². The van der Waals surface area contributed by atoms with Gasteiger partial charge in [-0.1, -0.05) is 32.9 Å². The second kappa shape index (κ2) is 4.74. The maximum Gasteiger partial charge on any atom is 0.183 e. The lowest BCUT2D eigenvalue weighted by Crippen LogP contribution is -2.33. The van der Waals surface area contributed by atoms with E-state index in [-0.39, 0.29) is 4.90 Å². The second-order valence-electron chi connectivity index (χ2n) is 5.09. The van der Waals surface area contributed by atoms with Crippen molar-refractivity contribution in [1.29, 1.82) is 0 Å². The van der Waals surface area contributed by atoms with Gasteiger partial charge in [0.15, 0.2) is 9.84 Å². The minimum atomic E-state index is -3.80. The molecule has 0 spiro atoms. The molecule has 0 bridgehead atoms. The zero-order valence-electron chi connectivity index (χ0n) is 10.1. The lowest BCUT2D eigenvalue weighted by Gasteiger charge is -2.25. The van der Waals surface area contributed by atoms with Gasteiger partial charge in [0.05, 0.1) is 11.9 Å². The number of hydrogen-bond acceptors (Lipinski definition) is 3. The van der Waals surface area contributed by atoms with Gasteiger partial charge in [0.25, 0.3) is 0 Å². The molecule has 96 valence electrons. The van der Waals surface area contributed by atoms with Crippen LogP contribution in [-0.2, 0) is 9.84 Å². The Balaban J connectivity index is 3.03. The Hall–Kier alpha value is -0.940. The number of benzene rings is 1. The molecule has 0 heterocycles. The first kappa shape index (κ1) is 14.1. The summed E-state index contributed by atoms with van der Waals surface area (Å²) in [6.45, 7) is 5.19. The van der Waals surface area contributed by atoms with Crippen LogP contribution in [0.5, 0.6) is 0 Å². The average molecular weight is 260 g/mol. The molecule has 3 nitrogen and oxygen atoms in total. The number of aliphatic hydroxyl groups excluding tert-OH is 1. The molecule has 5 heteroatoms. The molecular formula is C12H17FO3S. The predicted octanol–water partition coefficient (Wildman–Crippen LogP) is 2.01. The number of halogens is 1. The molecule has 0 radical (unpaired) electrons. The zero-order chi connectivity index (χ0) is 13.3. The third-order valence-electron chi connectivity index (χ3n) is 2.55. The van der Waals surface area contributed by atoms with Crippen LogP contribution in [0.2, 0.25) is 0 Å². The third kappa shape index (κ3) is 3.51. The number of rotatable bonds is 3. The first-order valence-electron chi connectivity index (χ1n) is 5.30. The summed E-state index contributed by atoms with van der Waals surface area (Å²) in [4.78, 5) is -0.358. The lowest BCUT2D eigenvalue weighted by molar-refractivity contribution is 0.0826. The maximum absolute atomic E-state index is 13.4. The van der Waals surface area contributed by atoms with Crippen molar-refractivity contribution in [2.45, 2.75) is 31.8 Å². The van der Waals surface area contributed by atoms with Crippen LogP contribution >= 0.6 is 0 Å². The van der Waals surface area contributed by atoms with Crippen molar-refractivity contribution in [2.24, 2.45) is 5.41 Å². The average Bonchev–Trinajstić information content (AvgIpc) is 2.15. The van der Waals surface area contributed by atoms with Crippen LogP contribution in [0, 0.1) is 11.2 Å². The molecule has 0 amide bonds. The van der Waals surface area contributed by atoms with E-state index >= 15 is 0 Å². The van der Waals surface area contributed by atoms with Gasteiger partial charge in [0.2, 0.25) is 0 Å². The molecular weight excluding hydrogens is 243 g/mol. The molecule has 0 aromatic heterocycles. The minimum absolute atomic E-state index is 0.358. The summed E-state index contributed by atoms with van der Waals surface area (Å²) >= 11 is 0. The molecule has 1 aromatic rings. The topological polar surface area (TPSA) is 54.4 Å². The van der Waals surface area contributed by atoms with E-state index in [0.717, 1.165) is 6.07 Å². The molecule has 0 aliphatic heterocycles. The highest BCUT2D eigenvalue weighted by Gasteiger charge is 2.29. The standard InChI is InChI=1S/C12H17FO3S/c1-12(2,3)11(14)8-17(15,16)10-7-5-4-6-9(10)13/h4-7,11,14H,8H2,1-3H3. The van der Waals surface area contributed by atoms with E-state index in [1.54, 1.807) is 20.8 Å². The highest BCUT2D eigenvalue weighted by molar-refractivity contribution is 7.91. The second-order valence-corrected chi connectivity index (χ2v) is 7.10. The first-order chi connectivity index (χ1) is 7.64. The highest BCUT2D eigenvalue weighted by atomic mass is 32.2. The molecule has 0 aliphatic carbocycles. The summed E-state index contributed by atoms with van der Waals surface area (Å²) < 4.78 is 37.2. The van der Waals surface area contributed by atoms with E-state index in [9.17, 15) is 17.9 Å². The fourth-order valence-electron chi connectivity index (χ4n) is 1.24. The van der Waals surface area contributed by atoms with Crippen molar-refractivity contribution in [2.75, 3.05) is 5.75 Å². The third-order valence-corrected chi connectivity index (χ3v) is 4.30. The fraction of sp³-hybridized carbons (Fsp3) is 0.500. The van der Waals surface area contributed by atoms with E-state index in [1.807, 2.05) is 0 Å². The van der Waals surface area contributed by atoms with Gasteiger partial charge in [0.1, 0.15) is 10.7 Å². The van der Waals surface area contributed by atoms with E-state index in [0.29, 0.717) is 0 Å². The van der Waals surface area contributed by atoms with Crippen molar-refractivity contribution in [3.63, 3.8) is 0 Å². The Morgan fingerprint density at radius 1 is 1.29 bits per heavy atom. The summed E-state index contributed by atoms with van der Waals surface area (Å²) in [5.74, 6) is -1.26. The number of hydrogen-bond donors (Lipinski definition) is 1. The summed E-state index contributed by atoms with van der Waals surface area (Å²) in [6, 6.07) is 5.18. The van der Waals surface area contributed by atoms with Gasteiger partial charge in [-0.05, 0) is 17.5 Å². The van der Waals surface area contributed by atoms with E-state index in [1.165, 1.54) is 18.2 Å². The van der Waals surface area contributed by atoms with Crippen molar-refractivity contribution in [3.05, 3.63) is 30.1 Å². The van der Waals surface area contributed by atoms with Gasteiger partial charge < -0.3 is 5.11 Å². The predicted molar refractivity (Wildman–Crippen MR) is 63.9 cm³/mol. The van der Waals surface area contributed by atoms with Gasteiger partial charge in [-0.3, -0.25) is 0 Å². The van der Waals surface area contributed by atoms with E-state index in [4.69, 9.17) is 0 Å². The maximum atomic E-state index is 13.4. The van der Waals surface area contributed by atoms with Crippen LogP contribution < -0.4 is 0 Å². The minimum Gasteiger partial charge on any atom is -0.392 e. The van der Waals surface area contributed by atoms with Crippen LogP contribution in [0.3, 0.4) is 0 Å². The number of aliphatic hydroxyl groups is 1. The molecule has 1 N–H and O–H groups in total. The molecule has 0 saturated carbocycles. The first-order valence-corrected chi connectivity index (χ1v) is 6.95. The Bertz CT molecular complexity index is 489. The van der Waals surface area contributed by atoms with Crippen molar-refractivity contribution in [3.8, 4) is 0 Å². The zero-order valence-corrected chi connectivity index (χ0v) is 11.0. The van der Waals surface area contributed by atoms with Crippen LogP contribution in [0.4, 0.5) is 4.39 Å². The Morgan fingerprint density at radius 3 is 2.29 bits per heavy atom. The summed E-state index contributed by atoms with van der Waals surface area (Å²) in [7, 11) is -3.80. The molecule has 1 atom stereocenters. The Morgan fingerprint density at radius 2 is 1.82 bits per heavy atom. The van der Waals surface area contributed by atoms with E-state index in [2.05, 4.69) is 0 Å². The van der Waals surface area contributed by atoms with Gasteiger partial charge in [-0.2, -0.15) is 0 Å². The van der Waals surface area contributed by atoms with Gasteiger partial charge in [0, 0.05) is 0 Å². The Labute approximate surface area is 101 Å². The van der Waals surface area contributed by atoms with Crippen LogP contribution in [0.1, 0.15) is 20.8 Å². The fourth-order valence-corrected chi connectivity index (χ4v) is 2.99. The summed E-state index contributed by atoms with van der Waals surface area (Å²) in [5.41, 5.74) is -0.557. The molecule has 1 rings (SSSR count). The van der Waals surface area contributed by atoms with Crippen molar-refractivity contribution >= 4 is 9.84 Å². The van der Waals surface area contributed by atoms with Gasteiger partial charge in [-0.25, -0.2) is 12.8 Å². The highest BCUT2D eigenvalue weighted by Crippen LogP contribution is 2.24. The largest absolute Gasteiger partial charge is 0.392 e. The SMILES string of the molecule is CC(C)(C)C(O)CS(=O)(=O)c1ccccc1F. The lowest BCUT2D eigenvalue weighted by atomic mass is 9.90. The quantitative estimate of drug-likeness (QED) is 0.904. The normalized spacial score (nSPS) is 14.6. The number of sulfone groups is 1. The monoisotopic (exact) mass is 260 g/mol. The molecule has 0 saturated heterocycles. The summed E-state index contributed by atoms with van der Waals surface area (Å²) in [5, 5.41) is 9.77. The summed E-state index contributed by atoms with van der Waals surface area (Å²) in [6.07, 6.45) is -1.04. The van der Waals surface area contributed by atoms with Gasteiger partial charge >= 0.3 is 0 Å². The molecule has 17 heavy (non-hydrogen) atoms. The van der Waals surface area contributed by atoms with Crippen LogP contribution in [-0.4, -0.2) is 25.4 Å². The molecule has 1 unspecified atom stereocenters. The smallest absolute Gasteiger partial charge is 0.183 e. The Kier molecular flexibility index (Phi) is 3.94. The molecule has 1 aromatic carbocycles. The van der Waals surface area contributed by atoms with Crippen molar-refractivity contribution < 1.29 is 17.9 Å². The molecule has 0 fully saturated rings. The molecule has 0 aliphatic rings. The van der Waals surface area contributed by atoms with Crippen LogP contribution in [0.25, 0.3) is 0 Å². The van der Waals surface area contributed by atoms with Crippen LogP contribution in [0.15, 0.2) is 29.2 Å².